The van der Waals surface area contributed by atoms with Gasteiger partial charge >= 0.3 is 0 Å². The second-order valence-electron chi connectivity index (χ2n) is 8.40. The Morgan fingerprint density at radius 3 is 2.65 bits per heavy atom. The van der Waals surface area contributed by atoms with Crippen LogP contribution in [0, 0.1) is 5.92 Å². The molecule has 0 unspecified atom stereocenters. The molecule has 2 aliphatic rings. The minimum absolute atomic E-state index is 0.210. The second-order valence-corrected chi connectivity index (χ2v) is 8.40. The largest absolute Gasteiger partial charge is 0.445 e. The number of anilines is 1. The normalized spacial score (nSPS) is 16.5. The summed E-state index contributed by atoms with van der Waals surface area (Å²) >= 11 is 0. The highest BCUT2D eigenvalue weighted by Crippen LogP contribution is 2.29. The van der Waals surface area contributed by atoms with E-state index in [9.17, 15) is 4.79 Å². The molecule has 1 amide bonds. The van der Waals surface area contributed by atoms with E-state index in [0.717, 1.165) is 11.3 Å². The van der Waals surface area contributed by atoms with Crippen molar-refractivity contribution < 1.29 is 18.7 Å². The number of nitrogens with one attached hydrogen (secondary N) is 1. The number of morpholine rings is 1. The number of ether oxygens (including phenoxy) is 2. The summed E-state index contributed by atoms with van der Waals surface area (Å²) in [6.07, 6.45) is 1.83. The molecule has 2 saturated heterocycles. The SMILES string of the molecule is O=C(NCC1COC1)c1cc2nc(-n3ccc(-c4ccccc4)n3)nc(N3CCOCC3)c2o1. The van der Waals surface area contributed by atoms with E-state index in [4.69, 9.17) is 18.9 Å². The number of hydrogen-bond donors (Lipinski definition) is 1. The van der Waals surface area contributed by atoms with Crippen LogP contribution in [0.5, 0.6) is 0 Å². The van der Waals surface area contributed by atoms with E-state index >= 15 is 0 Å². The molecule has 10 heteroatoms. The molecule has 0 aliphatic carbocycles. The Bertz CT molecular complexity index is 1310. The van der Waals surface area contributed by atoms with Crippen molar-refractivity contribution in [2.75, 3.05) is 51.0 Å². The van der Waals surface area contributed by atoms with Gasteiger partial charge < -0.3 is 24.1 Å². The van der Waals surface area contributed by atoms with Crippen molar-refractivity contribution in [3.05, 3.63) is 54.4 Å². The summed E-state index contributed by atoms with van der Waals surface area (Å²) in [7, 11) is 0. The molecule has 10 nitrogen and oxygen atoms in total. The van der Waals surface area contributed by atoms with Crippen LogP contribution in [0.15, 0.2) is 53.1 Å². The van der Waals surface area contributed by atoms with Crippen molar-refractivity contribution in [1.29, 1.82) is 0 Å². The fourth-order valence-electron chi connectivity index (χ4n) is 4.03. The molecule has 0 atom stereocenters. The van der Waals surface area contributed by atoms with Crippen LogP contribution in [0.4, 0.5) is 5.82 Å². The minimum Gasteiger partial charge on any atom is -0.445 e. The number of amides is 1. The Hall–Kier alpha value is -3.76. The number of hydrogen-bond acceptors (Lipinski definition) is 8. The molecule has 174 valence electrons. The molecule has 1 N–H and O–H groups in total. The maximum absolute atomic E-state index is 12.7. The van der Waals surface area contributed by atoms with Crippen molar-refractivity contribution in [2.24, 2.45) is 5.92 Å². The van der Waals surface area contributed by atoms with Crippen LogP contribution in [-0.4, -0.2) is 71.7 Å². The third-order valence-electron chi connectivity index (χ3n) is 6.00. The van der Waals surface area contributed by atoms with Crippen LogP contribution < -0.4 is 10.2 Å². The number of aromatic nitrogens is 4. The number of rotatable bonds is 6. The summed E-state index contributed by atoms with van der Waals surface area (Å²) in [5.41, 5.74) is 2.87. The summed E-state index contributed by atoms with van der Waals surface area (Å²) in [5.74, 6) is 1.33. The first-order valence-electron chi connectivity index (χ1n) is 11.4. The predicted octanol–water partition coefficient (Wildman–Crippen LogP) is 2.29. The van der Waals surface area contributed by atoms with E-state index in [1.54, 1.807) is 10.7 Å². The van der Waals surface area contributed by atoms with E-state index in [0.29, 0.717) is 74.8 Å². The van der Waals surface area contributed by atoms with Crippen LogP contribution >= 0.6 is 0 Å². The highest BCUT2D eigenvalue weighted by atomic mass is 16.5. The number of furan rings is 1. The van der Waals surface area contributed by atoms with Gasteiger partial charge in [-0.3, -0.25) is 4.79 Å². The fourth-order valence-corrected chi connectivity index (χ4v) is 4.03. The first kappa shape index (κ1) is 20.8. The monoisotopic (exact) mass is 460 g/mol. The maximum Gasteiger partial charge on any atom is 0.287 e. The lowest BCUT2D eigenvalue weighted by molar-refractivity contribution is -0.0299. The van der Waals surface area contributed by atoms with E-state index in [2.05, 4.69) is 20.3 Å². The topological polar surface area (TPSA) is 108 Å². The first-order valence-corrected chi connectivity index (χ1v) is 11.4. The van der Waals surface area contributed by atoms with E-state index in [-0.39, 0.29) is 11.7 Å². The Kier molecular flexibility index (Phi) is 5.44. The van der Waals surface area contributed by atoms with Gasteiger partial charge in [0.05, 0.1) is 32.1 Å². The zero-order chi connectivity index (χ0) is 22.9. The summed E-state index contributed by atoms with van der Waals surface area (Å²) in [6, 6.07) is 13.5. The van der Waals surface area contributed by atoms with Gasteiger partial charge in [0.2, 0.25) is 0 Å². The molecule has 0 bridgehead atoms. The van der Waals surface area contributed by atoms with Gasteiger partial charge in [-0.2, -0.15) is 10.1 Å². The van der Waals surface area contributed by atoms with Gasteiger partial charge in [-0.05, 0) is 6.07 Å². The first-order chi connectivity index (χ1) is 16.7. The fraction of sp³-hybridized carbons (Fsp3) is 0.333. The van der Waals surface area contributed by atoms with Crippen molar-refractivity contribution >= 4 is 22.8 Å². The van der Waals surface area contributed by atoms with Gasteiger partial charge in [-0.15, -0.1) is 0 Å². The van der Waals surface area contributed by atoms with Crippen LogP contribution in [-0.2, 0) is 9.47 Å². The summed E-state index contributed by atoms with van der Waals surface area (Å²) in [5, 5.41) is 7.59. The molecule has 3 aromatic heterocycles. The molecule has 2 aliphatic heterocycles. The van der Waals surface area contributed by atoms with Crippen LogP contribution in [0.1, 0.15) is 10.6 Å². The maximum atomic E-state index is 12.7. The average molecular weight is 460 g/mol. The lowest BCUT2D eigenvalue weighted by Crippen LogP contribution is -2.39. The summed E-state index contributed by atoms with van der Waals surface area (Å²) in [4.78, 5) is 24.3. The lowest BCUT2D eigenvalue weighted by atomic mass is 10.1. The number of carbonyl (C=O) groups excluding carboxylic acids is 1. The summed E-state index contributed by atoms with van der Waals surface area (Å²) in [6.45, 7) is 4.43. The molecule has 0 radical (unpaired) electrons. The van der Waals surface area contributed by atoms with Gasteiger partial charge in [0.15, 0.2) is 17.2 Å². The third-order valence-corrected chi connectivity index (χ3v) is 6.00. The molecule has 5 heterocycles. The Labute approximate surface area is 195 Å². The van der Waals surface area contributed by atoms with Crippen molar-refractivity contribution in [2.45, 2.75) is 0 Å². The Balaban J connectivity index is 1.36. The molecule has 4 aromatic rings. The molecular weight excluding hydrogens is 436 g/mol. The van der Waals surface area contributed by atoms with Gasteiger partial charge in [0.25, 0.3) is 11.9 Å². The predicted molar refractivity (Wildman–Crippen MR) is 124 cm³/mol. The zero-order valence-corrected chi connectivity index (χ0v) is 18.5. The molecule has 2 fully saturated rings. The Morgan fingerprint density at radius 1 is 1.06 bits per heavy atom. The molecule has 0 spiro atoms. The highest BCUT2D eigenvalue weighted by molar-refractivity contribution is 5.97. The van der Waals surface area contributed by atoms with Crippen molar-refractivity contribution in [3.8, 4) is 17.2 Å². The second kappa shape index (κ2) is 8.88. The highest BCUT2D eigenvalue weighted by Gasteiger charge is 2.25. The number of fused-ring (bicyclic) bond motifs is 1. The zero-order valence-electron chi connectivity index (χ0n) is 18.5. The lowest BCUT2D eigenvalue weighted by Gasteiger charge is -2.27. The van der Waals surface area contributed by atoms with Gasteiger partial charge in [-0.1, -0.05) is 30.3 Å². The quantitative estimate of drug-likeness (QED) is 0.467. The molecular formula is C24H24N6O4. The minimum atomic E-state index is -0.273. The smallest absolute Gasteiger partial charge is 0.287 e. The third kappa shape index (κ3) is 4.02. The Morgan fingerprint density at radius 2 is 1.88 bits per heavy atom. The molecule has 34 heavy (non-hydrogen) atoms. The van der Waals surface area contributed by atoms with Crippen molar-refractivity contribution in [3.63, 3.8) is 0 Å². The van der Waals surface area contributed by atoms with Gasteiger partial charge in [0, 0.05) is 43.4 Å². The number of nitrogens with zero attached hydrogens (tertiary/aromatic N) is 5. The molecule has 6 rings (SSSR count). The number of carbonyl (C=O) groups is 1. The van der Waals surface area contributed by atoms with Crippen LogP contribution in [0.3, 0.4) is 0 Å². The summed E-state index contributed by atoms with van der Waals surface area (Å²) < 4.78 is 18.3. The van der Waals surface area contributed by atoms with Crippen LogP contribution in [0.2, 0.25) is 0 Å². The van der Waals surface area contributed by atoms with E-state index in [1.165, 1.54) is 0 Å². The van der Waals surface area contributed by atoms with Gasteiger partial charge in [0.1, 0.15) is 5.52 Å². The standard InChI is InChI=1S/C24H24N6O4/c31-23(25-13-16-14-33-15-16)20-12-19-21(34-20)22(29-8-10-32-11-9-29)27-24(26-19)30-7-6-18(28-30)17-4-2-1-3-5-17/h1-7,12,16H,8-11,13-15H2,(H,25,31). The van der Waals surface area contributed by atoms with Crippen molar-refractivity contribution in [1.82, 2.24) is 25.1 Å². The average Bonchev–Trinajstić information content (AvgIpc) is 3.51. The van der Waals surface area contributed by atoms with E-state index < -0.39 is 0 Å². The molecule has 1 aromatic carbocycles. The van der Waals surface area contributed by atoms with Gasteiger partial charge in [-0.25, -0.2) is 9.67 Å². The van der Waals surface area contributed by atoms with Crippen LogP contribution in [0.25, 0.3) is 28.3 Å². The van der Waals surface area contributed by atoms with E-state index in [1.807, 2.05) is 42.6 Å². The molecule has 0 saturated carbocycles. The number of benzene rings is 1.